The highest BCUT2D eigenvalue weighted by Crippen LogP contribution is 2.20. The average molecular weight is 288 g/mol. The lowest BCUT2D eigenvalue weighted by Crippen LogP contribution is -2.02. The molecule has 2 aromatic rings. The number of pyridine rings is 1. The van der Waals surface area contributed by atoms with E-state index in [4.69, 9.17) is 0 Å². The number of hydrogen-bond donors (Lipinski definition) is 1. The summed E-state index contributed by atoms with van der Waals surface area (Å²) in [6.07, 6.45) is 2.94. The average Bonchev–Trinajstić information content (AvgIpc) is 2.42. The molecule has 2 heterocycles. The smallest absolute Gasteiger partial charge is 0.188 e. The largest absolute Gasteiger partial charge is 0.370 e. The van der Waals surface area contributed by atoms with E-state index in [1.54, 1.807) is 11.8 Å². The highest BCUT2D eigenvalue weighted by atomic mass is 32.2. The van der Waals surface area contributed by atoms with Crippen molar-refractivity contribution in [3.63, 3.8) is 0 Å². The first-order chi connectivity index (χ1) is 9.67. The molecule has 5 heteroatoms. The Bertz CT molecular complexity index is 551. The number of hydrogen-bond acceptors (Lipinski definition) is 5. The van der Waals surface area contributed by atoms with Gasteiger partial charge in [-0.3, -0.25) is 0 Å². The maximum absolute atomic E-state index is 4.44. The van der Waals surface area contributed by atoms with Crippen LogP contribution in [0.4, 0.5) is 5.82 Å². The Balaban J connectivity index is 1.99. The summed E-state index contributed by atoms with van der Waals surface area (Å²) in [5.74, 6) is 1.79. The summed E-state index contributed by atoms with van der Waals surface area (Å²) in [5, 5.41) is 4.14. The van der Waals surface area contributed by atoms with Crippen molar-refractivity contribution < 1.29 is 0 Å². The summed E-state index contributed by atoms with van der Waals surface area (Å²) < 4.78 is 0. The van der Waals surface area contributed by atoms with Crippen LogP contribution < -0.4 is 5.32 Å². The number of anilines is 1. The first-order valence-corrected chi connectivity index (χ1v) is 7.80. The zero-order valence-corrected chi connectivity index (χ0v) is 13.0. The van der Waals surface area contributed by atoms with E-state index in [1.165, 1.54) is 5.56 Å². The number of aromatic nitrogens is 3. The van der Waals surface area contributed by atoms with E-state index in [0.717, 1.165) is 41.1 Å². The van der Waals surface area contributed by atoms with E-state index in [1.807, 2.05) is 32.2 Å². The van der Waals surface area contributed by atoms with Crippen molar-refractivity contribution in [2.45, 2.75) is 38.1 Å². The summed E-state index contributed by atoms with van der Waals surface area (Å²) in [5.41, 5.74) is 3.26. The van der Waals surface area contributed by atoms with Gasteiger partial charge in [0.05, 0.1) is 0 Å². The molecule has 2 aromatic heterocycles. The van der Waals surface area contributed by atoms with E-state index < -0.39 is 0 Å². The zero-order chi connectivity index (χ0) is 14.4. The lowest BCUT2D eigenvalue weighted by molar-refractivity contribution is 0.902. The van der Waals surface area contributed by atoms with Gasteiger partial charge in [0.15, 0.2) is 5.16 Å². The molecule has 0 aliphatic rings. The lowest BCUT2D eigenvalue weighted by Gasteiger charge is -2.06. The van der Waals surface area contributed by atoms with Crippen LogP contribution in [0.5, 0.6) is 0 Å². The predicted octanol–water partition coefficient (Wildman–Crippen LogP) is 3.60. The van der Waals surface area contributed by atoms with Gasteiger partial charge in [0, 0.05) is 29.9 Å². The van der Waals surface area contributed by atoms with Gasteiger partial charge in [0.2, 0.25) is 0 Å². The third-order valence-electron chi connectivity index (χ3n) is 2.71. The van der Waals surface area contributed by atoms with E-state index in [9.17, 15) is 0 Å². The maximum atomic E-state index is 4.44. The molecule has 0 fully saturated rings. The molecule has 0 bridgehead atoms. The van der Waals surface area contributed by atoms with Gasteiger partial charge >= 0.3 is 0 Å². The molecule has 0 atom stereocenters. The first kappa shape index (κ1) is 14.8. The Morgan fingerprint density at radius 1 is 1.15 bits per heavy atom. The van der Waals surface area contributed by atoms with Crippen LogP contribution in [0.1, 0.15) is 30.3 Å². The highest BCUT2D eigenvalue weighted by Gasteiger charge is 2.03. The fourth-order valence-corrected chi connectivity index (χ4v) is 2.71. The van der Waals surface area contributed by atoms with Crippen LogP contribution in [0.15, 0.2) is 29.6 Å². The minimum absolute atomic E-state index is 0.836. The SMILES string of the molecule is CCCNc1cc(CSc2nc(C)cc(C)n2)ccn1. The van der Waals surface area contributed by atoms with E-state index in [-0.39, 0.29) is 0 Å². The van der Waals surface area contributed by atoms with E-state index in [0.29, 0.717) is 0 Å². The molecule has 106 valence electrons. The third-order valence-corrected chi connectivity index (χ3v) is 3.63. The standard InChI is InChI=1S/C15H20N4S/c1-4-6-16-14-9-13(5-7-17-14)10-20-15-18-11(2)8-12(3)19-15/h5,7-9H,4,6,10H2,1-3H3,(H,16,17). The number of nitrogens with one attached hydrogen (secondary N) is 1. The second-order valence-corrected chi connectivity index (χ2v) is 5.64. The Hall–Kier alpha value is -1.62. The van der Waals surface area contributed by atoms with Crippen LogP contribution in [0.3, 0.4) is 0 Å². The molecule has 0 spiro atoms. The maximum Gasteiger partial charge on any atom is 0.188 e. The molecule has 2 rings (SSSR count). The molecule has 0 aliphatic carbocycles. The zero-order valence-electron chi connectivity index (χ0n) is 12.2. The van der Waals surface area contributed by atoms with Crippen LogP contribution >= 0.6 is 11.8 Å². The van der Waals surface area contributed by atoms with Crippen LogP contribution in [0.2, 0.25) is 0 Å². The van der Waals surface area contributed by atoms with Gasteiger partial charge in [-0.2, -0.15) is 0 Å². The van der Waals surface area contributed by atoms with Gasteiger partial charge in [0.25, 0.3) is 0 Å². The summed E-state index contributed by atoms with van der Waals surface area (Å²) >= 11 is 1.66. The normalized spacial score (nSPS) is 10.6. The van der Waals surface area contributed by atoms with Crippen LogP contribution in [-0.2, 0) is 5.75 Å². The fraction of sp³-hybridized carbons (Fsp3) is 0.400. The molecule has 0 radical (unpaired) electrons. The van der Waals surface area contributed by atoms with Crippen molar-refractivity contribution in [2.24, 2.45) is 0 Å². The van der Waals surface area contributed by atoms with Gasteiger partial charge < -0.3 is 5.32 Å². The summed E-state index contributed by atoms with van der Waals surface area (Å²) in [7, 11) is 0. The summed E-state index contributed by atoms with van der Waals surface area (Å²) in [4.78, 5) is 13.2. The molecule has 0 amide bonds. The Morgan fingerprint density at radius 2 is 1.90 bits per heavy atom. The topological polar surface area (TPSA) is 50.7 Å². The lowest BCUT2D eigenvalue weighted by atomic mass is 10.3. The molecular weight excluding hydrogens is 268 g/mol. The van der Waals surface area contributed by atoms with Crippen LogP contribution in [0.25, 0.3) is 0 Å². The van der Waals surface area contributed by atoms with Gasteiger partial charge in [-0.1, -0.05) is 18.7 Å². The Labute approximate surface area is 124 Å². The minimum Gasteiger partial charge on any atom is -0.370 e. The molecular formula is C15H20N4S. The van der Waals surface area contributed by atoms with Crippen molar-refractivity contribution in [2.75, 3.05) is 11.9 Å². The van der Waals surface area contributed by atoms with Crippen molar-refractivity contribution in [1.82, 2.24) is 15.0 Å². The highest BCUT2D eigenvalue weighted by molar-refractivity contribution is 7.98. The van der Waals surface area contributed by atoms with Crippen molar-refractivity contribution in [3.05, 3.63) is 41.3 Å². The Morgan fingerprint density at radius 3 is 2.60 bits per heavy atom. The predicted molar refractivity (Wildman–Crippen MR) is 84.1 cm³/mol. The number of nitrogens with zero attached hydrogens (tertiary/aromatic N) is 3. The van der Waals surface area contributed by atoms with Crippen molar-refractivity contribution in [1.29, 1.82) is 0 Å². The summed E-state index contributed by atoms with van der Waals surface area (Å²) in [6, 6.07) is 6.11. The first-order valence-electron chi connectivity index (χ1n) is 6.81. The molecule has 0 saturated heterocycles. The number of aryl methyl sites for hydroxylation is 2. The van der Waals surface area contributed by atoms with E-state index >= 15 is 0 Å². The third kappa shape index (κ3) is 4.49. The van der Waals surface area contributed by atoms with Gasteiger partial charge in [-0.05, 0) is 44.0 Å². The van der Waals surface area contributed by atoms with E-state index in [2.05, 4.69) is 33.3 Å². The molecule has 0 unspecified atom stereocenters. The molecule has 0 saturated carbocycles. The molecule has 4 nitrogen and oxygen atoms in total. The minimum atomic E-state index is 0.836. The van der Waals surface area contributed by atoms with Gasteiger partial charge in [-0.25, -0.2) is 15.0 Å². The molecule has 20 heavy (non-hydrogen) atoms. The molecule has 0 aromatic carbocycles. The molecule has 1 N–H and O–H groups in total. The monoisotopic (exact) mass is 288 g/mol. The quantitative estimate of drug-likeness (QED) is 0.650. The molecule has 0 aliphatic heterocycles. The fourth-order valence-electron chi connectivity index (χ4n) is 1.82. The van der Waals surface area contributed by atoms with Crippen LogP contribution in [-0.4, -0.2) is 21.5 Å². The van der Waals surface area contributed by atoms with Crippen LogP contribution in [0, 0.1) is 13.8 Å². The Kier molecular flexibility index (Phi) is 5.35. The number of thioether (sulfide) groups is 1. The van der Waals surface area contributed by atoms with Gasteiger partial charge in [-0.15, -0.1) is 0 Å². The summed E-state index contributed by atoms with van der Waals surface area (Å²) in [6.45, 7) is 7.09. The van der Waals surface area contributed by atoms with Crippen molar-refractivity contribution >= 4 is 17.6 Å². The second-order valence-electron chi connectivity index (χ2n) is 4.70. The van der Waals surface area contributed by atoms with Gasteiger partial charge in [0.1, 0.15) is 5.82 Å². The van der Waals surface area contributed by atoms with Crippen molar-refractivity contribution in [3.8, 4) is 0 Å². The number of rotatable bonds is 6. The second kappa shape index (κ2) is 7.24.